The minimum atomic E-state index is 0.447. The molecule has 0 aliphatic rings. The summed E-state index contributed by atoms with van der Waals surface area (Å²) in [5.41, 5.74) is 7.74. The van der Waals surface area contributed by atoms with Gasteiger partial charge >= 0.3 is 0 Å². The van der Waals surface area contributed by atoms with Crippen LogP contribution >= 0.6 is 0 Å². The lowest BCUT2D eigenvalue weighted by atomic mass is 10.2. The minimum absolute atomic E-state index is 0.447. The highest BCUT2D eigenvalue weighted by Crippen LogP contribution is 2.25. The molecule has 88 valence electrons. The summed E-state index contributed by atoms with van der Waals surface area (Å²) < 4.78 is 3.59. The number of terminal acetylenes is 1. The van der Waals surface area contributed by atoms with Gasteiger partial charge in [0.1, 0.15) is 17.3 Å². The van der Waals surface area contributed by atoms with Crippen LogP contribution in [-0.4, -0.2) is 19.3 Å². The molecule has 0 spiro atoms. The smallest absolute Gasteiger partial charge is 0.132 e. The predicted molar refractivity (Wildman–Crippen MR) is 67.1 cm³/mol. The van der Waals surface area contributed by atoms with Gasteiger partial charge in [-0.2, -0.15) is 5.10 Å². The monoisotopic (exact) mass is 229 g/mol. The van der Waals surface area contributed by atoms with Crippen molar-refractivity contribution in [2.75, 3.05) is 5.73 Å². The standard InChI is InChI=1S/C12H15N5/c1-4-6-17-10(5-2)15-11(12(17)13)9-7-14-16(3)8-9/h1,7-8H,5-6,13H2,2-3H3. The Morgan fingerprint density at radius 2 is 2.29 bits per heavy atom. The third kappa shape index (κ3) is 1.89. The van der Waals surface area contributed by atoms with Gasteiger partial charge in [-0.05, 0) is 0 Å². The molecule has 0 bridgehead atoms. The molecule has 0 radical (unpaired) electrons. The molecule has 0 saturated carbocycles. The number of rotatable bonds is 3. The van der Waals surface area contributed by atoms with E-state index >= 15 is 0 Å². The lowest BCUT2D eigenvalue weighted by molar-refractivity contribution is 0.768. The van der Waals surface area contributed by atoms with Crippen LogP contribution in [0.25, 0.3) is 11.3 Å². The van der Waals surface area contributed by atoms with E-state index in [4.69, 9.17) is 12.2 Å². The van der Waals surface area contributed by atoms with Gasteiger partial charge in [-0.25, -0.2) is 4.98 Å². The molecule has 5 heteroatoms. The molecule has 0 atom stereocenters. The maximum atomic E-state index is 6.07. The van der Waals surface area contributed by atoms with Crippen LogP contribution in [0.2, 0.25) is 0 Å². The van der Waals surface area contributed by atoms with E-state index in [0.717, 1.165) is 23.5 Å². The van der Waals surface area contributed by atoms with Crippen LogP contribution in [0, 0.1) is 12.3 Å². The van der Waals surface area contributed by atoms with Crippen molar-refractivity contribution in [2.45, 2.75) is 19.9 Å². The average molecular weight is 229 g/mol. The Labute approximate surface area is 100 Å². The largest absolute Gasteiger partial charge is 0.383 e. The highest BCUT2D eigenvalue weighted by Gasteiger charge is 2.15. The lowest BCUT2D eigenvalue weighted by Gasteiger charge is -2.03. The van der Waals surface area contributed by atoms with E-state index < -0.39 is 0 Å². The quantitative estimate of drug-likeness (QED) is 0.800. The number of aryl methyl sites for hydroxylation is 2. The van der Waals surface area contributed by atoms with Gasteiger partial charge in [-0.3, -0.25) is 4.68 Å². The Kier molecular flexibility index (Phi) is 2.88. The zero-order chi connectivity index (χ0) is 12.4. The molecule has 2 aromatic rings. The summed E-state index contributed by atoms with van der Waals surface area (Å²) >= 11 is 0. The molecule has 0 amide bonds. The number of hydrogen-bond donors (Lipinski definition) is 1. The summed E-state index contributed by atoms with van der Waals surface area (Å²) in [5.74, 6) is 4.10. The Balaban J connectivity index is 2.53. The van der Waals surface area contributed by atoms with Crippen molar-refractivity contribution in [2.24, 2.45) is 7.05 Å². The van der Waals surface area contributed by atoms with E-state index in [0.29, 0.717) is 12.4 Å². The van der Waals surface area contributed by atoms with Crippen LogP contribution < -0.4 is 5.73 Å². The molecule has 2 heterocycles. The first-order valence-electron chi connectivity index (χ1n) is 5.44. The van der Waals surface area contributed by atoms with Crippen molar-refractivity contribution < 1.29 is 0 Å². The van der Waals surface area contributed by atoms with E-state index in [1.807, 2.05) is 24.7 Å². The first-order chi connectivity index (χ1) is 8.17. The van der Waals surface area contributed by atoms with Crippen molar-refractivity contribution in [3.63, 3.8) is 0 Å². The Hall–Kier alpha value is -2.22. The zero-order valence-electron chi connectivity index (χ0n) is 10.0. The van der Waals surface area contributed by atoms with Crippen LogP contribution in [0.3, 0.4) is 0 Å². The molecule has 0 unspecified atom stereocenters. The molecule has 2 rings (SSSR count). The number of imidazole rings is 1. The number of nitrogens with zero attached hydrogens (tertiary/aromatic N) is 4. The van der Waals surface area contributed by atoms with E-state index in [9.17, 15) is 0 Å². The summed E-state index contributed by atoms with van der Waals surface area (Å²) in [6.07, 6.45) is 9.77. The number of nitrogens with two attached hydrogens (primary N) is 1. The van der Waals surface area contributed by atoms with E-state index in [1.54, 1.807) is 10.9 Å². The summed E-state index contributed by atoms with van der Waals surface area (Å²) in [6.45, 7) is 2.48. The van der Waals surface area contributed by atoms with Gasteiger partial charge in [0.25, 0.3) is 0 Å². The summed E-state index contributed by atoms with van der Waals surface area (Å²) in [4.78, 5) is 4.52. The van der Waals surface area contributed by atoms with E-state index in [-0.39, 0.29) is 0 Å². The lowest BCUT2D eigenvalue weighted by Crippen LogP contribution is -2.05. The molecule has 0 fully saturated rings. The number of aromatic nitrogens is 4. The van der Waals surface area contributed by atoms with Crippen LogP contribution in [0.15, 0.2) is 12.4 Å². The minimum Gasteiger partial charge on any atom is -0.383 e. The highest BCUT2D eigenvalue weighted by molar-refractivity contribution is 5.70. The third-order valence-electron chi connectivity index (χ3n) is 2.63. The fourth-order valence-corrected chi connectivity index (χ4v) is 1.81. The molecule has 0 aliphatic carbocycles. The summed E-state index contributed by atoms with van der Waals surface area (Å²) in [7, 11) is 1.86. The van der Waals surface area contributed by atoms with Crippen LogP contribution in [0.5, 0.6) is 0 Å². The second-order valence-electron chi connectivity index (χ2n) is 3.81. The van der Waals surface area contributed by atoms with Crippen LogP contribution in [0.1, 0.15) is 12.7 Å². The molecular weight excluding hydrogens is 214 g/mol. The van der Waals surface area contributed by atoms with Gasteiger partial charge in [0.15, 0.2) is 0 Å². The SMILES string of the molecule is C#CCn1c(CC)nc(-c2cnn(C)c2)c1N. The molecule has 17 heavy (non-hydrogen) atoms. The fraction of sp³-hybridized carbons (Fsp3) is 0.333. The third-order valence-corrected chi connectivity index (χ3v) is 2.63. The molecule has 5 nitrogen and oxygen atoms in total. The number of anilines is 1. The first-order valence-corrected chi connectivity index (χ1v) is 5.44. The Bertz CT molecular complexity index is 570. The maximum Gasteiger partial charge on any atom is 0.132 e. The first kappa shape index (κ1) is 11.3. The topological polar surface area (TPSA) is 61.7 Å². The van der Waals surface area contributed by atoms with Crippen molar-refractivity contribution >= 4 is 5.82 Å². The zero-order valence-corrected chi connectivity index (χ0v) is 10.0. The Morgan fingerprint density at radius 1 is 1.53 bits per heavy atom. The van der Waals surface area contributed by atoms with Gasteiger partial charge in [0.2, 0.25) is 0 Å². The molecule has 2 aromatic heterocycles. The van der Waals surface area contributed by atoms with Gasteiger partial charge in [0.05, 0.1) is 12.7 Å². The van der Waals surface area contributed by atoms with Gasteiger partial charge in [-0.1, -0.05) is 12.8 Å². The predicted octanol–water partition coefficient (Wildman–Crippen LogP) is 1.06. The number of nitrogen functional groups attached to an aromatic ring is 1. The Morgan fingerprint density at radius 3 is 2.82 bits per heavy atom. The van der Waals surface area contributed by atoms with Crippen molar-refractivity contribution in [1.29, 1.82) is 0 Å². The van der Waals surface area contributed by atoms with Crippen LogP contribution in [0.4, 0.5) is 5.82 Å². The summed E-state index contributed by atoms with van der Waals surface area (Å²) in [6, 6.07) is 0. The van der Waals surface area contributed by atoms with Gasteiger partial charge in [0, 0.05) is 25.2 Å². The number of hydrogen-bond acceptors (Lipinski definition) is 3. The maximum absolute atomic E-state index is 6.07. The normalized spacial score (nSPS) is 10.4. The molecule has 0 aliphatic heterocycles. The fourth-order valence-electron chi connectivity index (χ4n) is 1.81. The van der Waals surface area contributed by atoms with Crippen LogP contribution in [-0.2, 0) is 20.0 Å². The second-order valence-corrected chi connectivity index (χ2v) is 3.81. The summed E-state index contributed by atoms with van der Waals surface area (Å²) in [5, 5.41) is 4.12. The van der Waals surface area contributed by atoms with Crippen molar-refractivity contribution in [1.82, 2.24) is 19.3 Å². The van der Waals surface area contributed by atoms with Gasteiger partial charge < -0.3 is 10.3 Å². The van der Waals surface area contributed by atoms with Crippen molar-refractivity contribution in [3.8, 4) is 23.6 Å². The van der Waals surface area contributed by atoms with E-state index in [2.05, 4.69) is 16.0 Å². The second kappa shape index (κ2) is 4.34. The van der Waals surface area contributed by atoms with Gasteiger partial charge in [-0.15, -0.1) is 6.42 Å². The molecule has 0 aromatic carbocycles. The highest BCUT2D eigenvalue weighted by atomic mass is 15.2. The van der Waals surface area contributed by atoms with E-state index in [1.165, 1.54) is 0 Å². The molecule has 0 saturated heterocycles. The van der Waals surface area contributed by atoms with Crippen molar-refractivity contribution in [3.05, 3.63) is 18.2 Å². The molecular formula is C12H15N5. The average Bonchev–Trinajstić information content (AvgIpc) is 2.85. The molecule has 2 N–H and O–H groups in total.